The van der Waals surface area contributed by atoms with Crippen LogP contribution >= 0.6 is 11.6 Å². The van der Waals surface area contributed by atoms with E-state index in [-0.39, 0.29) is 0 Å². The first-order valence-corrected chi connectivity index (χ1v) is 6.77. The molecular formula is C12H17ClN4O. The molecule has 2 saturated heterocycles. The molecular weight excluding hydrogens is 252 g/mol. The molecule has 0 bridgehead atoms. The van der Waals surface area contributed by atoms with E-state index in [1.165, 1.54) is 6.42 Å². The Morgan fingerprint density at radius 2 is 2.00 bits per heavy atom. The van der Waals surface area contributed by atoms with Crippen molar-refractivity contribution in [3.8, 4) is 0 Å². The first-order chi connectivity index (χ1) is 8.83. The van der Waals surface area contributed by atoms with Gasteiger partial charge in [-0.05, 0) is 18.6 Å². The number of hydrogen-bond acceptors (Lipinski definition) is 5. The maximum Gasteiger partial charge on any atom is 0.151 e. The van der Waals surface area contributed by atoms with Crippen molar-refractivity contribution in [2.24, 2.45) is 0 Å². The van der Waals surface area contributed by atoms with E-state index in [1.807, 2.05) is 6.07 Å². The molecule has 0 spiro atoms. The molecule has 0 N–H and O–H groups in total. The lowest BCUT2D eigenvalue weighted by atomic mass is 10.2. The number of aromatic nitrogens is 2. The Balaban J connectivity index is 1.62. The third-order valence-electron chi connectivity index (χ3n) is 3.67. The zero-order chi connectivity index (χ0) is 12.4. The molecule has 2 aliphatic heterocycles. The molecule has 0 radical (unpaired) electrons. The van der Waals surface area contributed by atoms with Gasteiger partial charge in [-0.15, -0.1) is 10.2 Å². The van der Waals surface area contributed by atoms with Crippen molar-refractivity contribution in [1.29, 1.82) is 0 Å². The lowest BCUT2D eigenvalue weighted by Gasteiger charge is -2.32. The predicted octanol–water partition coefficient (Wildman–Crippen LogP) is 1.04. The maximum absolute atomic E-state index is 5.75. The van der Waals surface area contributed by atoms with Gasteiger partial charge < -0.3 is 9.64 Å². The topological polar surface area (TPSA) is 41.5 Å². The first kappa shape index (κ1) is 12.1. The average Bonchev–Trinajstić information content (AvgIpc) is 2.90. The molecule has 0 aromatic carbocycles. The zero-order valence-electron chi connectivity index (χ0n) is 10.3. The summed E-state index contributed by atoms with van der Waals surface area (Å²) in [6, 6.07) is 4.36. The van der Waals surface area contributed by atoms with Gasteiger partial charge >= 0.3 is 0 Å². The zero-order valence-corrected chi connectivity index (χ0v) is 11.0. The van der Waals surface area contributed by atoms with Crippen molar-refractivity contribution >= 4 is 17.4 Å². The van der Waals surface area contributed by atoms with Crippen LogP contribution in [-0.2, 0) is 4.74 Å². The molecule has 0 saturated carbocycles. The molecule has 98 valence electrons. The lowest BCUT2D eigenvalue weighted by Crippen LogP contribution is -2.44. The van der Waals surface area contributed by atoms with Crippen LogP contribution in [0.1, 0.15) is 6.42 Å². The molecule has 1 unspecified atom stereocenters. The molecule has 3 heterocycles. The number of hydrogen-bond donors (Lipinski definition) is 0. The Bertz CT molecular complexity index is 394. The second-order valence-electron chi connectivity index (χ2n) is 4.75. The summed E-state index contributed by atoms with van der Waals surface area (Å²) in [6.07, 6.45) is 1.18. The van der Waals surface area contributed by atoms with Crippen LogP contribution in [0, 0.1) is 0 Å². The van der Waals surface area contributed by atoms with Gasteiger partial charge in [-0.1, -0.05) is 11.6 Å². The van der Waals surface area contributed by atoms with Gasteiger partial charge in [0.15, 0.2) is 11.0 Å². The fourth-order valence-electron chi connectivity index (χ4n) is 2.67. The first-order valence-electron chi connectivity index (χ1n) is 6.39. The van der Waals surface area contributed by atoms with Gasteiger partial charge in [0, 0.05) is 32.2 Å². The number of halogens is 1. The van der Waals surface area contributed by atoms with Crippen LogP contribution in [0.4, 0.5) is 5.82 Å². The number of ether oxygens (including phenoxy) is 1. The van der Waals surface area contributed by atoms with E-state index in [9.17, 15) is 0 Å². The van der Waals surface area contributed by atoms with Crippen molar-refractivity contribution in [3.05, 3.63) is 17.3 Å². The van der Waals surface area contributed by atoms with Crippen LogP contribution < -0.4 is 4.90 Å². The SMILES string of the molecule is Clc1ccc(N2CCC(N3CCOCC3)C2)nn1. The third-order valence-corrected chi connectivity index (χ3v) is 3.87. The Labute approximate surface area is 112 Å². The van der Waals surface area contributed by atoms with E-state index in [2.05, 4.69) is 20.0 Å². The Kier molecular flexibility index (Phi) is 3.63. The minimum absolute atomic E-state index is 0.447. The summed E-state index contributed by atoms with van der Waals surface area (Å²) >= 11 is 5.75. The summed E-state index contributed by atoms with van der Waals surface area (Å²) in [4.78, 5) is 4.80. The summed E-state index contributed by atoms with van der Waals surface area (Å²) in [7, 11) is 0. The van der Waals surface area contributed by atoms with E-state index in [0.717, 1.165) is 45.2 Å². The van der Waals surface area contributed by atoms with Crippen LogP contribution in [-0.4, -0.2) is 60.5 Å². The van der Waals surface area contributed by atoms with Crippen molar-refractivity contribution in [1.82, 2.24) is 15.1 Å². The minimum atomic E-state index is 0.447. The highest BCUT2D eigenvalue weighted by Gasteiger charge is 2.29. The number of anilines is 1. The highest BCUT2D eigenvalue weighted by Crippen LogP contribution is 2.22. The Morgan fingerprint density at radius 1 is 1.17 bits per heavy atom. The third kappa shape index (κ3) is 2.58. The van der Waals surface area contributed by atoms with Crippen molar-refractivity contribution in [2.45, 2.75) is 12.5 Å². The quantitative estimate of drug-likeness (QED) is 0.802. The highest BCUT2D eigenvalue weighted by molar-refractivity contribution is 6.29. The number of morpholine rings is 1. The van der Waals surface area contributed by atoms with E-state index < -0.39 is 0 Å². The van der Waals surface area contributed by atoms with Crippen LogP contribution in [0.15, 0.2) is 12.1 Å². The Hall–Kier alpha value is -0.910. The van der Waals surface area contributed by atoms with Crippen molar-refractivity contribution in [2.75, 3.05) is 44.3 Å². The predicted molar refractivity (Wildman–Crippen MR) is 70.1 cm³/mol. The van der Waals surface area contributed by atoms with Gasteiger partial charge in [0.25, 0.3) is 0 Å². The van der Waals surface area contributed by atoms with Gasteiger partial charge in [0.05, 0.1) is 13.2 Å². The normalized spacial score (nSPS) is 25.6. The molecule has 18 heavy (non-hydrogen) atoms. The van der Waals surface area contributed by atoms with E-state index in [1.54, 1.807) is 6.07 Å². The molecule has 3 rings (SSSR count). The second kappa shape index (κ2) is 5.38. The number of rotatable bonds is 2. The second-order valence-corrected chi connectivity index (χ2v) is 5.14. The molecule has 5 nitrogen and oxygen atoms in total. The van der Waals surface area contributed by atoms with Crippen LogP contribution in [0.25, 0.3) is 0 Å². The van der Waals surface area contributed by atoms with Crippen LogP contribution in [0.5, 0.6) is 0 Å². The van der Waals surface area contributed by atoms with Crippen LogP contribution in [0.2, 0.25) is 5.15 Å². The summed E-state index contributed by atoms with van der Waals surface area (Å²) in [5, 5.41) is 8.49. The van der Waals surface area contributed by atoms with Gasteiger partial charge in [0.1, 0.15) is 0 Å². The fraction of sp³-hybridized carbons (Fsp3) is 0.667. The summed E-state index contributed by atoms with van der Waals surface area (Å²) in [5.74, 6) is 0.926. The monoisotopic (exact) mass is 268 g/mol. The fourth-order valence-corrected chi connectivity index (χ4v) is 2.77. The lowest BCUT2D eigenvalue weighted by molar-refractivity contribution is 0.0209. The largest absolute Gasteiger partial charge is 0.379 e. The molecule has 0 aliphatic carbocycles. The highest BCUT2D eigenvalue weighted by atomic mass is 35.5. The smallest absolute Gasteiger partial charge is 0.151 e. The number of nitrogens with zero attached hydrogens (tertiary/aromatic N) is 4. The summed E-state index contributed by atoms with van der Waals surface area (Å²) in [5.41, 5.74) is 0. The van der Waals surface area contributed by atoms with Gasteiger partial charge in [-0.2, -0.15) is 0 Å². The molecule has 2 fully saturated rings. The van der Waals surface area contributed by atoms with Gasteiger partial charge in [-0.25, -0.2) is 0 Å². The van der Waals surface area contributed by atoms with E-state index in [0.29, 0.717) is 11.2 Å². The van der Waals surface area contributed by atoms with Gasteiger partial charge in [0.2, 0.25) is 0 Å². The molecule has 2 aliphatic rings. The van der Waals surface area contributed by atoms with Gasteiger partial charge in [-0.3, -0.25) is 4.90 Å². The molecule has 1 aromatic heterocycles. The minimum Gasteiger partial charge on any atom is -0.379 e. The molecule has 1 aromatic rings. The standard InChI is InChI=1S/C12H17ClN4O/c13-11-1-2-12(15-14-11)17-4-3-10(9-17)16-5-7-18-8-6-16/h1-2,10H,3-9H2. The maximum atomic E-state index is 5.75. The van der Waals surface area contributed by atoms with E-state index >= 15 is 0 Å². The van der Waals surface area contributed by atoms with E-state index in [4.69, 9.17) is 16.3 Å². The van der Waals surface area contributed by atoms with Crippen LogP contribution in [0.3, 0.4) is 0 Å². The van der Waals surface area contributed by atoms with Crippen molar-refractivity contribution in [3.63, 3.8) is 0 Å². The molecule has 0 amide bonds. The summed E-state index contributed by atoms with van der Waals surface area (Å²) < 4.78 is 5.39. The Morgan fingerprint density at radius 3 is 2.72 bits per heavy atom. The summed E-state index contributed by atoms with van der Waals surface area (Å²) in [6.45, 7) is 5.87. The molecule has 1 atom stereocenters. The van der Waals surface area contributed by atoms with Crippen molar-refractivity contribution < 1.29 is 4.74 Å². The average molecular weight is 269 g/mol. The molecule has 6 heteroatoms.